The Kier molecular flexibility index (Phi) is 65.6. The Bertz CT molecular complexity index is 1950. The molecule has 1 saturated heterocycles. The summed E-state index contributed by atoms with van der Waals surface area (Å²) in [6.45, 7) is 8.94. The zero-order valence-electron chi connectivity index (χ0n) is 50.3. The Morgan fingerprint density at radius 1 is 0.512 bits per heavy atom. The van der Waals surface area contributed by atoms with Gasteiger partial charge in [-0.3, -0.25) is 9.97 Å². The van der Waals surface area contributed by atoms with E-state index in [0.29, 0.717) is 37.7 Å². The average Bonchev–Trinajstić information content (AvgIpc) is 4.26. The van der Waals surface area contributed by atoms with Crippen molar-refractivity contribution in [2.45, 2.75) is 83.9 Å². The predicted molar refractivity (Wildman–Crippen MR) is 326 cm³/mol. The second kappa shape index (κ2) is 64.8. The van der Waals surface area contributed by atoms with Crippen LogP contribution in [0, 0.1) is 0 Å². The molecule has 7 rings (SSSR count). The number of benzene rings is 3. The van der Waals surface area contributed by atoms with Crippen LogP contribution in [0.2, 0.25) is 0 Å². The Labute approximate surface area is 490 Å². The highest BCUT2D eigenvalue weighted by molar-refractivity contribution is 5.20. The Morgan fingerprint density at radius 3 is 1.27 bits per heavy atom. The summed E-state index contributed by atoms with van der Waals surface area (Å²) in [4.78, 5) is 11.8. The SMILES string of the molecule is CC(C)(O)c1ccccc1.CN(C)CCCO.CN(C)CCO.COCCCO.COCCO.OCC1CCCO1.OCCc1ccccc1.OCCc1ccccn1.OCc1ccccc1.OCc1ccccn1.OCc1ccco1. The van der Waals surface area contributed by atoms with Gasteiger partial charge in [-0.1, -0.05) is 103 Å². The molecule has 1 aliphatic heterocycles. The Hall–Kier alpha value is -5.40. The van der Waals surface area contributed by atoms with Crippen molar-refractivity contribution in [3.05, 3.63) is 192 Å². The highest BCUT2D eigenvalue weighted by Gasteiger charge is 2.14. The van der Waals surface area contributed by atoms with Crippen molar-refractivity contribution in [2.75, 3.05) is 122 Å². The number of pyridine rings is 2. The van der Waals surface area contributed by atoms with Crippen LogP contribution < -0.4 is 0 Å². The summed E-state index contributed by atoms with van der Waals surface area (Å²) >= 11 is 0. The van der Waals surface area contributed by atoms with Gasteiger partial charge in [0.05, 0.1) is 63.3 Å². The van der Waals surface area contributed by atoms with Crippen LogP contribution in [0.1, 0.15) is 73.4 Å². The third-order valence-electron chi connectivity index (χ3n) is 9.81. The molecule has 1 aliphatic rings. The number of rotatable bonds is 19. The molecule has 82 heavy (non-hydrogen) atoms. The third-order valence-corrected chi connectivity index (χ3v) is 9.81. The van der Waals surface area contributed by atoms with Gasteiger partial charge in [-0.2, -0.15) is 0 Å². The van der Waals surface area contributed by atoms with E-state index in [1.54, 1.807) is 58.7 Å². The molecule has 3 aromatic carbocycles. The summed E-state index contributed by atoms with van der Waals surface area (Å²) in [6, 6.07) is 43.7. The summed E-state index contributed by atoms with van der Waals surface area (Å²) in [6.07, 6.45) is 10.3. The molecule has 466 valence electrons. The quantitative estimate of drug-likeness (QED) is 0.0444. The zero-order valence-corrected chi connectivity index (χ0v) is 50.3. The van der Waals surface area contributed by atoms with Gasteiger partial charge in [0.1, 0.15) is 12.4 Å². The van der Waals surface area contributed by atoms with Crippen molar-refractivity contribution in [3.8, 4) is 0 Å². The van der Waals surface area contributed by atoms with Gasteiger partial charge in [0, 0.05) is 84.9 Å². The summed E-state index contributed by atoms with van der Waals surface area (Å²) < 4.78 is 18.8. The summed E-state index contributed by atoms with van der Waals surface area (Å²) in [5, 5.41) is 92.8. The smallest absolute Gasteiger partial charge is 0.129 e. The number of likely N-dealkylation sites (N-methyl/N-ethyl adjacent to an activating group) is 1. The van der Waals surface area contributed by atoms with Crippen molar-refractivity contribution >= 4 is 0 Å². The number of furan rings is 1. The van der Waals surface area contributed by atoms with E-state index in [1.807, 2.05) is 154 Å². The van der Waals surface area contributed by atoms with Gasteiger partial charge in [0.15, 0.2) is 0 Å². The maximum Gasteiger partial charge on any atom is 0.129 e. The summed E-state index contributed by atoms with van der Waals surface area (Å²) in [5.74, 6) is 0.611. The molecule has 1 fully saturated rings. The first-order valence-corrected chi connectivity index (χ1v) is 27.2. The highest BCUT2D eigenvalue weighted by Crippen LogP contribution is 2.18. The standard InChI is InChI=1S/C9H12O.C8H10O.C7H9NO.C7H8O.C6H7NO.C5H13NO.C5H10O2.C5H6O2.C4H11NO.C4H10O2.C3H8O2/c1-9(2,10)8-6-4-3-5-7-8;9-7-6-8-4-2-1-3-5-8;9-6-4-7-3-1-2-5-8-7;8-6-7-4-2-1-3-5-7;8-5-6-3-1-2-4-7-6;1-6(2)4-3-5-7;2*6-4-5-2-1-3-7-5;1-5(2)3-4-6;1-6-4-2-3-5;1-5-3-2-4/h3-7,10H,1-2H3;1-5,9H,6-7H2;1-3,5,9H,4,6H2;1-5,8H,6H2;1-4,8H,5H2;7H,3-5H2,1-2H3;5-6H,1-4H2;1-3,6H,4H2;6H,3-4H2,1-2H3;5H,2-4H2,1H3;4H,2-3H2,1H3. The van der Waals surface area contributed by atoms with E-state index in [2.05, 4.69) is 24.3 Å². The number of hydrogen-bond donors (Lipinski definition) is 11. The maximum absolute atomic E-state index is 9.49. The predicted octanol–water partition coefficient (Wildman–Crippen LogP) is 5.55. The van der Waals surface area contributed by atoms with E-state index in [1.165, 1.54) is 11.8 Å². The minimum absolute atomic E-state index is 0.00694. The molecule has 19 heteroatoms. The van der Waals surface area contributed by atoms with Crippen molar-refractivity contribution in [1.29, 1.82) is 0 Å². The van der Waals surface area contributed by atoms with E-state index in [0.717, 1.165) is 68.6 Å². The molecule has 0 radical (unpaired) electrons. The van der Waals surface area contributed by atoms with Crippen LogP contribution in [-0.4, -0.2) is 204 Å². The van der Waals surface area contributed by atoms with Crippen molar-refractivity contribution < 1.29 is 74.8 Å². The normalized spacial score (nSPS) is 11.5. The summed E-state index contributed by atoms with van der Waals surface area (Å²) in [5.41, 5.74) is 4.07. The minimum atomic E-state index is -0.707. The molecule has 1 atom stereocenters. The molecule has 11 N–H and O–H groups in total. The number of aromatic nitrogens is 2. The molecule has 0 aliphatic carbocycles. The van der Waals surface area contributed by atoms with Crippen molar-refractivity contribution in [1.82, 2.24) is 19.8 Å². The number of aliphatic hydroxyl groups excluding tert-OH is 10. The van der Waals surface area contributed by atoms with Crippen molar-refractivity contribution in [3.63, 3.8) is 0 Å². The number of methoxy groups -OCH3 is 2. The van der Waals surface area contributed by atoms with Gasteiger partial charge >= 0.3 is 0 Å². The van der Waals surface area contributed by atoms with E-state index in [9.17, 15) is 5.11 Å². The zero-order chi connectivity index (χ0) is 62.2. The van der Waals surface area contributed by atoms with E-state index in [4.69, 9.17) is 60.2 Å². The lowest BCUT2D eigenvalue weighted by molar-refractivity contribution is 0.0591. The fourth-order valence-corrected chi connectivity index (χ4v) is 5.43. The minimum Gasteiger partial charge on any atom is -0.467 e. The van der Waals surface area contributed by atoms with Gasteiger partial charge in [-0.05, 0) is 134 Å². The number of nitrogens with zero attached hydrogens (tertiary/aromatic N) is 4. The maximum atomic E-state index is 9.49. The van der Waals surface area contributed by atoms with Gasteiger partial charge in [0.2, 0.25) is 0 Å². The second-order valence-corrected chi connectivity index (χ2v) is 18.1. The number of hydrogen-bond acceptors (Lipinski definition) is 19. The molecule has 4 heterocycles. The first-order chi connectivity index (χ1) is 39.6. The van der Waals surface area contributed by atoms with Crippen LogP contribution >= 0.6 is 0 Å². The molecule has 0 amide bonds. The first kappa shape index (κ1) is 83.1. The molecule has 6 aromatic rings. The average molecular weight is 1160 g/mol. The van der Waals surface area contributed by atoms with Crippen LogP contribution in [0.5, 0.6) is 0 Å². The van der Waals surface area contributed by atoms with Gasteiger partial charge in [0.25, 0.3) is 0 Å². The lowest BCUT2D eigenvalue weighted by Crippen LogP contribution is -2.15. The second-order valence-electron chi connectivity index (χ2n) is 18.1. The van der Waals surface area contributed by atoms with E-state index in [-0.39, 0.29) is 65.6 Å². The lowest BCUT2D eigenvalue weighted by Gasteiger charge is -2.16. The largest absolute Gasteiger partial charge is 0.467 e. The molecule has 0 saturated carbocycles. The Morgan fingerprint density at radius 2 is 1.02 bits per heavy atom. The van der Waals surface area contributed by atoms with Crippen LogP contribution in [0.25, 0.3) is 0 Å². The van der Waals surface area contributed by atoms with Gasteiger partial charge in [-0.25, -0.2) is 0 Å². The van der Waals surface area contributed by atoms with Gasteiger partial charge < -0.3 is 84.6 Å². The highest BCUT2D eigenvalue weighted by atomic mass is 16.5. The molecule has 1 unspecified atom stereocenters. The van der Waals surface area contributed by atoms with Gasteiger partial charge in [-0.15, -0.1) is 0 Å². The monoisotopic (exact) mass is 1160 g/mol. The van der Waals surface area contributed by atoms with E-state index >= 15 is 0 Å². The van der Waals surface area contributed by atoms with Crippen molar-refractivity contribution in [2.24, 2.45) is 0 Å². The molecule has 0 bridgehead atoms. The first-order valence-electron chi connectivity index (χ1n) is 27.2. The topological polar surface area (TPSA) is 296 Å². The molecule has 19 nitrogen and oxygen atoms in total. The third kappa shape index (κ3) is 62.2. The van der Waals surface area contributed by atoms with Crippen LogP contribution in [-0.2, 0) is 52.5 Å². The summed E-state index contributed by atoms with van der Waals surface area (Å²) in [7, 11) is 11.0. The molecular weight excluding hydrogens is 1050 g/mol. The van der Waals surface area contributed by atoms with Crippen LogP contribution in [0.4, 0.5) is 0 Å². The number of aliphatic hydroxyl groups is 11. The molecular formula is C63H104N4O15. The molecule has 3 aromatic heterocycles. The van der Waals surface area contributed by atoms with E-state index < -0.39 is 5.60 Å². The Balaban J connectivity index is -0.000000410. The molecule has 0 spiro atoms. The van der Waals surface area contributed by atoms with Crippen LogP contribution in [0.15, 0.2) is 163 Å². The van der Waals surface area contributed by atoms with Crippen LogP contribution in [0.3, 0.4) is 0 Å². The lowest BCUT2D eigenvalue weighted by atomic mass is 9.99. The number of ether oxygens (including phenoxy) is 3. The fraction of sp³-hybridized carbons (Fsp3) is 0.492. The fourth-order valence-electron chi connectivity index (χ4n) is 5.43.